The van der Waals surface area contributed by atoms with Crippen molar-refractivity contribution in [1.82, 2.24) is 0 Å². The summed E-state index contributed by atoms with van der Waals surface area (Å²) in [5.74, 6) is 0. The lowest BCUT2D eigenvalue weighted by Gasteiger charge is -2.15. The quantitative estimate of drug-likeness (QED) is 0.745. The van der Waals surface area contributed by atoms with Crippen LogP contribution in [0.15, 0.2) is 60.7 Å². The zero-order valence-electron chi connectivity index (χ0n) is 13.1. The summed E-state index contributed by atoms with van der Waals surface area (Å²) in [5.41, 5.74) is 2.55. The molecule has 0 heterocycles. The average Bonchev–Trinajstić information content (AvgIpc) is 2.47. The van der Waals surface area contributed by atoms with Gasteiger partial charge in [0.1, 0.15) is 0 Å². The van der Waals surface area contributed by atoms with Gasteiger partial charge in [-0.25, -0.2) is 0 Å². The van der Waals surface area contributed by atoms with Gasteiger partial charge in [0.15, 0.2) is 9.76 Å². The Morgan fingerprint density at radius 2 is 1.20 bits per heavy atom. The van der Waals surface area contributed by atoms with Gasteiger partial charge in [-0.1, -0.05) is 81.4 Å². The van der Waals surface area contributed by atoms with Crippen LogP contribution in [0.5, 0.6) is 0 Å². The minimum absolute atomic E-state index is 0.250. The van der Waals surface area contributed by atoms with E-state index >= 15 is 0 Å². The summed E-state index contributed by atoms with van der Waals surface area (Å²) < 4.78 is 5.34. The molecule has 1 nitrogen and oxygen atoms in total. The minimum Gasteiger partial charge on any atom is -0.424 e. The van der Waals surface area contributed by atoms with Crippen LogP contribution >= 0.6 is 0 Å². The molecule has 0 N–H and O–H groups in total. The van der Waals surface area contributed by atoms with E-state index in [9.17, 15) is 0 Å². The van der Waals surface area contributed by atoms with Gasteiger partial charge in [0.05, 0.1) is 0 Å². The van der Waals surface area contributed by atoms with Gasteiger partial charge in [-0.2, -0.15) is 0 Å². The second kappa shape index (κ2) is 8.72. The maximum Gasteiger partial charge on any atom is 0.166 e. The van der Waals surface area contributed by atoms with E-state index in [1.54, 1.807) is 0 Å². The van der Waals surface area contributed by atoms with Crippen molar-refractivity contribution in [3.8, 4) is 11.1 Å². The first-order valence-corrected chi connectivity index (χ1v) is 8.49. The molecule has 0 unspecified atom stereocenters. The maximum absolute atomic E-state index is 5.34. The van der Waals surface area contributed by atoms with Crippen LogP contribution in [-0.2, 0) is 4.43 Å². The molecule has 2 heteroatoms. The van der Waals surface area contributed by atoms with Crippen LogP contribution in [0, 0.1) is 0 Å². The van der Waals surface area contributed by atoms with Gasteiger partial charge in [0, 0.05) is 6.61 Å². The van der Waals surface area contributed by atoms with E-state index in [4.69, 9.17) is 4.43 Å². The largest absolute Gasteiger partial charge is 0.424 e. The Kier molecular flexibility index (Phi) is 7.27. The van der Waals surface area contributed by atoms with Gasteiger partial charge < -0.3 is 4.43 Å². The van der Waals surface area contributed by atoms with Crippen molar-refractivity contribution in [1.29, 1.82) is 0 Å². The fraction of sp³-hybridized carbons (Fsp3) is 0.333. The Morgan fingerprint density at radius 1 is 0.800 bits per heavy atom. The molecule has 2 aromatic carbocycles. The van der Waals surface area contributed by atoms with E-state index in [1.165, 1.54) is 11.1 Å². The van der Waals surface area contributed by atoms with E-state index < -0.39 is 0 Å². The summed E-state index contributed by atoms with van der Waals surface area (Å²) >= 11 is 0. The Labute approximate surface area is 125 Å². The van der Waals surface area contributed by atoms with Gasteiger partial charge in [0.25, 0.3) is 0 Å². The molecule has 0 saturated heterocycles. The third-order valence-corrected chi connectivity index (χ3v) is 4.10. The second-order valence-electron chi connectivity index (χ2n) is 5.93. The summed E-state index contributed by atoms with van der Waals surface area (Å²) in [7, 11) is -0.250. The highest BCUT2D eigenvalue weighted by atomic mass is 28.2. The number of hydrogen-bond acceptors (Lipinski definition) is 1. The summed E-state index contributed by atoms with van der Waals surface area (Å²) in [6.45, 7) is 9.64. The standard InChI is InChI=1S/C12H10.C6H16OSi/c1-3-7-11(8-4-1)12-9-5-2-6-10-12;1-5-7-8-6(2,3)4/h1-10H;5,8H2,1-4H3. The zero-order valence-corrected chi connectivity index (χ0v) is 14.5. The van der Waals surface area contributed by atoms with Crippen molar-refractivity contribution in [3.05, 3.63) is 60.7 Å². The molecular formula is C18H26OSi. The zero-order chi connectivity index (χ0) is 14.8. The molecule has 0 fully saturated rings. The van der Waals surface area contributed by atoms with Crippen LogP contribution in [0.2, 0.25) is 5.04 Å². The molecule has 0 atom stereocenters. The minimum atomic E-state index is -0.250. The summed E-state index contributed by atoms with van der Waals surface area (Å²) in [4.78, 5) is 0. The van der Waals surface area contributed by atoms with Crippen molar-refractivity contribution >= 4 is 9.76 Å². The SMILES string of the molecule is CCO[SiH2]C(C)(C)C.c1ccc(-c2ccccc2)cc1. The molecule has 0 aromatic heterocycles. The average molecular weight is 286 g/mol. The van der Waals surface area contributed by atoms with Gasteiger partial charge >= 0.3 is 0 Å². The lowest BCUT2D eigenvalue weighted by Crippen LogP contribution is -2.11. The first kappa shape index (κ1) is 16.7. The van der Waals surface area contributed by atoms with Crippen molar-refractivity contribution in [2.24, 2.45) is 0 Å². The van der Waals surface area contributed by atoms with Gasteiger partial charge in [-0.3, -0.25) is 0 Å². The third kappa shape index (κ3) is 7.27. The molecule has 0 saturated carbocycles. The Morgan fingerprint density at radius 3 is 1.45 bits per heavy atom. The van der Waals surface area contributed by atoms with Gasteiger partial charge in [-0.15, -0.1) is 0 Å². The third-order valence-electron chi connectivity index (χ3n) is 2.62. The second-order valence-corrected chi connectivity index (χ2v) is 8.75. The molecule has 0 aliphatic carbocycles. The monoisotopic (exact) mass is 286 g/mol. The fourth-order valence-electron chi connectivity index (χ4n) is 1.67. The number of benzene rings is 2. The normalized spacial score (nSPS) is 11.2. The van der Waals surface area contributed by atoms with Gasteiger partial charge in [0.2, 0.25) is 0 Å². The first-order valence-electron chi connectivity index (χ1n) is 7.21. The molecule has 2 rings (SSSR count). The van der Waals surface area contributed by atoms with E-state index in [0.29, 0.717) is 5.04 Å². The number of hydrogen-bond donors (Lipinski definition) is 0. The Bertz CT molecular complexity index is 422. The predicted molar refractivity (Wildman–Crippen MR) is 91.8 cm³/mol. The van der Waals surface area contributed by atoms with Crippen LogP contribution in [0.4, 0.5) is 0 Å². The summed E-state index contributed by atoms with van der Waals surface area (Å²) in [6.07, 6.45) is 0. The van der Waals surface area contributed by atoms with Crippen LogP contribution < -0.4 is 0 Å². The van der Waals surface area contributed by atoms with E-state index in [-0.39, 0.29) is 9.76 Å². The molecule has 0 amide bonds. The molecule has 0 bridgehead atoms. The highest BCUT2D eigenvalue weighted by Crippen LogP contribution is 2.19. The van der Waals surface area contributed by atoms with Crippen molar-refractivity contribution in [2.45, 2.75) is 32.7 Å². The smallest absolute Gasteiger partial charge is 0.166 e. The summed E-state index contributed by atoms with van der Waals surface area (Å²) in [6, 6.07) is 20.8. The molecule has 0 radical (unpaired) electrons. The number of rotatable bonds is 3. The van der Waals surface area contributed by atoms with E-state index in [1.807, 2.05) is 12.1 Å². The summed E-state index contributed by atoms with van der Waals surface area (Å²) in [5, 5.41) is 0.468. The van der Waals surface area contributed by atoms with Crippen LogP contribution in [0.1, 0.15) is 27.7 Å². The van der Waals surface area contributed by atoms with Crippen molar-refractivity contribution < 1.29 is 4.43 Å². The van der Waals surface area contributed by atoms with Crippen LogP contribution in [0.25, 0.3) is 11.1 Å². The van der Waals surface area contributed by atoms with Crippen LogP contribution in [0.3, 0.4) is 0 Å². The lowest BCUT2D eigenvalue weighted by molar-refractivity contribution is 0.343. The lowest BCUT2D eigenvalue weighted by atomic mass is 10.1. The molecule has 2 aromatic rings. The Hall–Kier alpha value is -1.38. The molecule has 0 aliphatic rings. The maximum atomic E-state index is 5.34. The highest BCUT2D eigenvalue weighted by molar-refractivity contribution is 6.31. The molecule has 0 aliphatic heterocycles. The van der Waals surface area contributed by atoms with Crippen molar-refractivity contribution in [2.75, 3.05) is 6.61 Å². The fourth-order valence-corrected chi connectivity index (χ4v) is 2.49. The first-order chi connectivity index (χ1) is 9.53. The Balaban J connectivity index is 0.000000221. The van der Waals surface area contributed by atoms with Crippen molar-refractivity contribution in [3.63, 3.8) is 0 Å². The van der Waals surface area contributed by atoms with E-state index in [0.717, 1.165) is 6.61 Å². The van der Waals surface area contributed by atoms with Gasteiger partial charge in [-0.05, 0) is 23.1 Å². The molecule has 108 valence electrons. The van der Waals surface area contributed by atoms with E-state index in [2.05, 4.69) is 76.2 Å². The topological polar surface area (TPSA) is 9.23 Å². The molecule has 20 heavy (non-hydrogen) atoms. The predicted octanol–water partition coefficient (Wildman–Crippen LogP) is 4.68. The molecule has 0 spiro atoms. The van der Waals surface area contributed by atoms with Crippen LogP contribution in [-0.4, -0.2) is 16.4 Å². The highest BCUT2D eigenvalue weighted by Gasteiger charge is 2.09. The molecular weight excluding hydrogens is 260 g/mol.